The van der Waals surface area contributed by atoms with E-state index in [9.17, 15) is 4.79 Å². The summed E-state index contributed by atoms with van der Waals surface area (Å²) in [6.45, 7) is 0.661. The number of nitrogens with zero attached hydrogens (tertiary/aromatic N) is 4. The van der Waals surface area contributed by atoms with E-state index in [1.54, 1.807) is 11.8 Å². The molecule has 28 heavy (non-hydrogen) atoms. The van der Waals surface area contributed by atoms with Gasteiger partial charge in [-0.15, -0.1) is 5.10 Å². The lowest BCUT2D eigenvalue weighted by atomic mass is 9.96. The summed E-state index contributed by atoms with van der Waals surface area (Å²) >= 11 is 1.30. The number of nitrogens with one attached hydrogen (secondary N) is 1. The third kappa shape index (κ3) is 3.87. The summed E-state index contributed by atoms with van der Waals surface area (Å²) in [5, 5.41) is 15.4. The van der Waals surface area contributed by atoms with Crippen LogP contribution in [0.4, 0.5) is 0 Å². The van der Waals surface area contributed by atoms with Crippen LogP contribution in [0.3, 0.4) is 0 Å². The Kier molecular flexibility index (Phi) is 5.29. The molecule has 1 N–H and O–H groups in total. The Balaban J connectivity index is 1.36. The molecule has 1 aromatic heterocycles. The molecule has 1 heterocycles. The molecule has 3 aromatic rings. The predicted octanol–water partition coefficient (Wildman–Crippen LogP) is 2.61. The number of carbonyl (C=O) groups excluding carboxylic acids is 1. The molecule has 0 radical (unpaired) electrons. The molecule has 0 saturated heterocycles. The number of hydrogen-bond donors (Lipinski definition) is 1. The number of benzene rings is 2. The first-order chi connectivity index (χ1) is 13.7. The maximum atomic E-state index is 12.4. The monoisotopic (exact) mass is 395 g/mol. The van der Waals surface area contributed by atoms with E-state index in [-0.39, 0.29) is 17.1 Å². The average Bonchev–Trinajstić information content (AvgIpc) is 3.40. The van der Waals surface area contributed by atoms with Gasteiger partial charge in [0.2, 0.25) is 11.1 Å². The molecule has 1 fully saturated rings. The van der Waals surface area contributed by atoms with E-state index in [1.165, 1.54) is 17.3 Å². The molecule has 8 heteroatoms. The van der Waals surface area contributed by atoms with Crippen molar-refractivity contribution in [3.63, 3.8) is 0 Å². The second-order valence-electron chi connectivity index (χ2n) is 6.76. The molecule has 1 aliphatic carbocycles. The van der Waals surface area contributed by atoms with E-state index >= 15 is 0 Å². The standard InChI is InChI=1S/C20H21N5O2S/c1-27-17-10-6-5-9-16(17)25-19(22-23-24-25)28-13-18(26)21-14-20(11-12-20)15-7-3-2-4-8-15/h2-10H,11-14H2,1H3,(H,21,26). The van der Waals surface area contributed by atoms with Gasteiger partial charge in [0, 0.05) is 12.0 Å². The van der Waals surface area contributed by atoms with E-state index in [0.29, 0.717) is 17.5 Å². The number of ether oxygens (including phenoxy) is 1. The molecule has 1 saturated carbocycles. The van der Waals surface area contributed by atoms with Gasteiger partial charge >= 0.3 is 0 Å². The molecule has 0 unspecified atom stereocenters. The van der Waals surface area contributed by atoms with E-state index in [2.05, 4.69) is 33.0 Å². The molecule has 0 atom stereocenters. The highest BCUT2D eigenvalue weighted by Crippen LogP contribution is 2.47. The molecule has 4 rings (SSSR count). The SMILES string of the molecule is COc1ccccc1-n1nnnc1SCC(=O)NCC1(c2ccccc2)CC1. The van der Waals surface area contributed by atoms with Crippen LogP contribution in [0.5, 0.6) is 5.75 Å². The van der Waals surface area contributed by atoms with Crippen LogP contribution in [0.15, 0.2) is 59.8 Å². The molecule has 1 amide bonds. The number of para-hydroxylation sites is 2. The molecule has 1 aliphatic rings. The minimum atomic E-state index is -0.0261. The van der Waals surface area contributed by atoms with Crippen LogP contribution in [0.1, 0.15) is 18.4 Å². The third-order valence-corrected chi connectivity index (χ3v) is 5.87. The summed E-state index contributed by atoms with van der Waals surface area (Å²) < 4.78 is 6.96. The van der Waals surface area contributed by atoms with Crippen LogP contribution in [-0.2, 0) is 10.2 Å². The van der Waals surface area contributed by atoms with Gasteiger partial charge < -0.3 is 10.1 Å². The van der Waals surface area contributed by atoms with Crippen molar-refractivity contribution in [3.8, 4) is 11.4 Å². The Morgan fingerprint density at radius 1 is 1.18 bits per heavy atom. The number of amides is 1. The Bertz CT molecular complexity index is 956. The van der Waals surface area contributed by atoms with Crippen molar-refractivity contribution in [2.45, 2.75) is 23.4 Å². The molecule has 144 valence electrons. The van der Waals surface area contributed by atoms with Crippen LogP contribution < -0.4 is 10.1 Å². The highest BCUT2D eigenvalue weighted by Gasteiger charge is 2.44. The van der Waals surface area contributed by atoms with Gasteiger partial charge in [0.15, 0.2) is 0 Å². The summed E-state index contributed by atoms with van der Waals surface area (Å²) in [5.41, 5.74) is 2.13. The lowest BCUT2D eigenvalue weighted by Crippen LogP contribution is -2.33. The van der Waals surface area contributed by atoms with E-state index in [4.69, 9.17) is 4.74 Å². The van der Waals surface area contributed by atoms with Gasteiger partial charge in [0.1, 0.15) is 11.4 Å². The Morgan fingerprint density at radius 2 is 1.93 bits per heavy atom. The molecular weight excluding hydrogens is 374 g/mol. The minimum absolute atomic E-state index is 0.0261. The highest BCUT2D eigenvalue weighted by atomic mass is 32.2. The van der Waals surface area contributed by atoms with E-state index in [1.807, 2.05) is 42.5 Å². The zero-order valence-corrected chi connectivity index (χ0v) is 16.4. The number of aromatic nitrogens is 4. The molecule has 0 aliphatic heterocycles. The summed E-state index contributed by atoms with van der Waals surface area (Å²) in [6.07, 6.45) is 2.22. The summed E-state index contributed by atoms with van der Waals surface area (Å²) in [4.78, 5) is 12.4. The van der Waals surface area contributed by atoms with Gasteiger partial charge in [-0.2, -0.15) is 4.68 Å². The minimum Gasteiger partial charge on any atom is -0.494 e. The van der Waals surface area contributed by atoms with Crippen LogP contribution in [0.2, 0.25) is 0 Å². The summed E-state index contributed by atoms with van der Waals surface area (Å²) in [7, 11) is 1.60. The molecular formula is C20H21N5O2S. The molecule has 2 aromatic carbocycles. The van der Waals surface area contributed by atoms with Crippen molar-refractivity contribution >= 4 is 17.7 Å². The average molecular weight is 395 g/mol. The van der Waals surface area contributed by atoms with Crippen LogP contribution in [-0.4, -0.2) is 45.5 Å². The second-order valence-corrected chi connectivity index (χ2v) is 7.70. The first kappa shape index (κ1) is 18.5. The number of carbonyl (C=O) groups is 1. The smallest absolute Gasteiger partial charge is 0.230 e. The summed E-state index contributed by atoms with van der Waals surface area (Å²) in [5.74, 6) is 0.891. The Labute approximate surface area is 167 Å². The topological polar surface area (TPSA) is 81.9 Å². The van der Waals surface area contributed by atoms with Crippen molar-refractivity contribution in [1.29, 1.82) is 0 Å². The van der Waals surface area contributed by atoms with Crippen LogP contribution in [0, 0.1) is 0 Å². The summed E-state index contributed by atoms with van der Waals surface area (Å²) in [6, 6.07) is 17.9. The second kappa shape index (κ2) is 8.02. The first-order valence-electron chi connectivity index (χ1n) is 9.09. The normalized spacial score (nSPS) is 14.5. The fourth-order valence-electron chi connectivity index (χ4n) is 3.18. The van der Waals surface area contributed by atoms with Gasteiger partial charge in [-0.1, -0.05) is 54.2 Å². The molecule has 0 bridgehead atoms. The van der Waals surface area contributed by atoms with Crippen LogP contribution in [0.25, 0.3) is 5.69 Å². The van der Waals surface area contributed by atoms with Crippen LogP contribution >= 0.6 is 11.8 Å². The van der Waals surface area contributed by atoms with E-state index in [0.717, 1.165) is 18.5 Å². The van der Waals surface area contributed by atoms with Crippen molar-refractivity contribution in [2.75, 3.05) is 19.4 Å². The lowest BCUT2D eigenvalue weighted by Gasteiger charge is -2.16. The quantitative estimate of drug-likeness (QED) is 0.591. The van der Waals surface area contributed by atoms with Crippen molar-refractivity contribution in [2.24, 2.45) is 0 Å². The number of methoxy groups -OCH3 is 1. The first-order valence-corrected chi connectivity index (χ1v) is 10.1. The highest BCUT2D eigenvalue weighted by molar-refractivity contribution is 7.99. The maximum absolute atomic E-state index is 12.4. The molecule has 7 nitrogen and oxygen atoms in total. The largest absolute Gasteiger partial charge is 0.494 e. The Morgan fingerprint density at radius 3 is 2.68 bits per heavy atom. The zero-order valence-electron chi connectivity index (χ0n) is 15.5. The number of thioether (sulfide) groups is 1. The van der Waals surface area contributed by atoms with Gasteiger partial charge in [-0.3, -0.25) is 4.79 Å². The van der Waals surface area contributed by atoms with Crippen molar-refractivity contribution in [3.05, 3.63) is 60.2 Å². The van der Waals surface area contributed by atoms with Gasteiger partial charge in [0.25, 0.3) is 0 Å². The van der Waals surface area contributed by atoms with Crippen molar-refractivity contribution in [1.82, 2.24) is 25.5 Å². The third-order valence-electron chi connectivity index (χ3n) is 4.95. The lowest BCUT2D eigenvalue weighted by molar-refractivity contribution is -0.118. The molecule has 0 spiro atoms. The predicted molar refractivity (Wildman–Crippen MR) is 107 cm³/mol. The number of rotatable bonds is 8. The number of tetrazole rings is 1. The van der Waals surface area contributed by atoms with E-state index < -0.39 is 0 Å². The maximum Gasteiger partial charge on any atom is 0.230 e. The Hall–Kier alpha value is -2.87. The fourth-order valence-corrected chi connectivity index (χ4v) is 3.90. The van der Waals surface area contributed by atoms with Gasteiger partial charge in [-0.05, 0) is 41.0 Å². The van der Waals surface area contributed by atoms with Gasteiger partial charge in [-0.25, -0.2) is 0 Å². The van der Waals surface area contributed by atoms with Crippen molar-refractivity contribution < 1.29 is 9.53 Å². The number of hydrogen-bond acceptors (Lipinski definition) is 6. The fraction of sp³-hybridized carbons (Fsp3) is 0.300. The zero-order chi connectivity index (χ0) is 19.4. The van der Waals surface area contributed by atoms with Gasteiger partial charge in [0.05, 0.1) is 12.9 Å².